The fraction of sp³-hybridized carbons (Fsp3) is 0.741. The summed E-state index contributed by atoms with van der Waals surface area (Å²) in [5, 5.41) is 2.92. The van der Waals surface area contributed by atoms with Gasteiger partial charge in [-0.2, -0.15) is 4.98 Å². The molecule has 3 aliphatic rings. The number of rotatable bonds is 9. The molecule has 0 aromatic carbocycles. The third kappa shape index (κ3) is 6.49. The maximum atomic E-state index is 16.6. The van der Waals surface area contributed by atoms with Gasteiger partial charge in [0.1, 0.15) is 30.6 Å². The summed E-state index contributed by atoms with van der Waals surface area (Å²) < 4.78 is 39.3. The number of carbonyl (C=O) groups excluding carboxylic acids is 2. The smallest absolute Gasteiger partial charge is 0.313 e. The lowest BCUT2D eigenvalue weighted by Gasteiger charge is -2.29. The molecule has 11 nitrogen and oxygen atoms in total. The van der Waals surface area contributed by atoms with E-state index in [1.807, 2.05) is 0 Å². The normalized spacial score (nSPS) is 28.8. The second-order valence-corrected chi connectivity index (χ2v) is 11.7. The van der Waals surface area contributed by atoms with Gasteiger partial charge in [-0.1, -0.05) is 19.3 Å². The van der Waals surface area contributed by atoms with Crippen LogP contribution >= 0.6 is 0 Å². The second kappa shape index (κ2) is 11.7. The number of esters is 2. The highest BCUT2D eigenvalue weighted by molar-refractivity contribution is 5.85. The molecule has 3 heterocycles. The second-order valence-electron chi connectivity index (χ2n) is 11.7. The molecule has 1 aliphatic carbocycles. The highest BCUT2D eigenvalue weighted by atomic mass is 19.1. The van der Waals surface area contributed by atoms with E-state index < -0.39 is 48.1 Å². The van der Waals surface area contributed by atoms with Crippen molar-refractivity contribution in [3.8, 4) is 0 Å². The zero-order chi connectivity index (χ0) is 28.4. The molecule has 0 spiro atoms. The van der Waals surface area contributed by atoms with Gasteiger partial charge in [-0.05, 0) is 46.5 Å². The van der Waals surface area contributed by atoms with Crippen molar-refractivity contribution in [1.82, 2.24) is 9.97 Å². The quantitative estimate of drug-likeness (QED) is 0.344. The van der Waals surface area contributed by atoms with Crippen molar-refractivity contribution >= 4 is 35.6 Å². The van der Waals surface area contributed by atoms with E-state index in [0.29, 0.717) is 29.5 Å². The summed E-state index contributed by atoms with van der Waals surface area (Å²) in [6, 6.07) is 0. The minimum absolute atomic E-state index is 0.0160. The van der Waals surface area contributed by atoms with E-state index in [2.05, 4.69) is 20.3 Å². The number of halogens is 1. The predicted octanol–water partition coefficient (Wildman–Crippen LogP) is 3.84. The first-order chi connectivity index (χ1) is 18.4. The van der Waals surface area contributed by atoms with E-state index in [1.54, 1.807) is 34.0 Å². The number of ether oxygens (including phenoxy) is 4. The number of nitrogens with two attached hydrogens (primary N) is 1. The van der Waals surface area contributed by atoms with E-state index >= 15 is 4.39 Å². The van der Waals surface area contributed by atoms with Crippen molar-refractivity contribution in [3.05, 3.63) is 5.69 Å². The molecule has 12 heteroatoms. The monoisotopic (exact) mass is 549 g/mol. The van der Waals surface area contributed by atoms with Crippen molar-refractivity contribution < 1.29 is 32.9 Å². The number of nitrogens with zero attached hydrogens (tertiary/aromatic N) is 3. The van der Waals surface area contributed by atoms with Crippen LogP contribution in [0.4, 0.5) is 21.8 Å². The van der Waals surface area contributed by atoms with E-state index in [-0.39, 0.29) is 18.5 Å². The molecular weight excluding hydrogens is 509 g/mol. The Morgan fingerprint density at radius 3 is 2.59 bits per heavy atom. The van der Waals surface area contributed by atoms with Crippen LogP contribution in [-0.4, -0.2) is 72.5 Å². The van der Waals surface area contributed by atoms with Crippen molar-refractivity contribution in [2.45, 2.75) is 96.1 Å². The van der Waals surface area contributed by atoms with E-state index in [1.165, 1.54) is 13.3 Å². The molecule has 1 saturated heterocycles. The van der Waals surface area contributed by atoms with Crippen LogP contribution in [0.5, 0.6) is 0 Å². The number of nitrogen functional groups attached to an aromatic ring is 1. The average Bonchev–Trinajstić information content (AvgIpc) is 3.39. The maximum Gasteiger partial charge on any atom is 0.313 e. The first-order valence-electron chi connectivity index (χ1n) is 13.6. The average molecular weight is 550 g/mol. The Morgan fingerprint density at radius 1 is 1.21 bits per heavy atom. The van der Waals surface area contributed by atoms with Crippen molar-refractivity contribution in [2.75, 3.05) is 31.5 Å². The maximum absolute atomic E-state index is 16.6. The van der Waals surface area contributed by atoms with Gasteiger partial charge in [0, 0.05) is 19.7 Å². The molecule has 1 aromatic heterocycles. The van der Waals surface area contributed by atoms with Crippen LogP contribution in [0.25, 0.3) is 0 Å². The van der Waals surface area contributed by atoms with Gasteiger partial charge < -0.3 is 30.0 Å². The van der Waals surface area contributed by atoms with Gasteiger partial charge in [0.25, 0.3) is 0 Å². The number of hydrogen-bond donors (Lipinski definition) is 2. The Kier molecular flexibility index (Phi) is 8.75. The van der Waals surface area contributed by atoms with Crippen molar-refractivity contribution in [2.24, 2.45) is 16.3 Å². The fourth-order valence-electron chi connectivity index (χ4n) is 5.46. The van der Waals surface area contributed by atoms with E-state index in [0.717, 1.165) is 25.7 Å². The summed E-state index contributed by atoms with van der Waals surface area (Å²) in [4.78, 5) is 37.7. The SMILES string of the molecule is CNc1nc(N)nc2c1N=CC2C1O[C@H](COC(=O)CC2CCCCC2)[C@@H](OCOC(=O)C(C)(C)C)[C@@]1(C)F. The van der Waals surface area contributed by atoms with Gasteiger partial charge in [0.15, 0.2) is 18.3 Å². The van der Waals surface area contributed by atoms with Gasteiger partial charge in [-0.3, -0.25) is 14.6 Å². The van der Waals surface area contributed by atoms with Gasteiger partial charge in [0.2, 0.25) is 5.95 Å². The summed E-state index contributed by atoms with van der Waals surface area (Å²) in [7, 11) is 1.68. The number of anilines is 2. The van der Waals surface area contributed by atoms with Crippen LogP contribution in [0, 0.1) is 11.3 Å². The Labute approximate surface area is 228 Å². The third-order valence-electron chi connectivity index (χ3n) is 7.58. The molecule has 0 bridgehead atoms. The van der Waals surface area contributed by atoms with Gasteiger partial charge >= 0.3 is 11.9 Å². The van der Waals surface area contributed by atoms with Crippen LogP contribution in [0.3, 0.4) is 0 Å². The van der Waals surface area contributed by atoms with Crippen LogP contribution in [0.2, 0.25) is 0 Å². The van der Waals surface area contributed by atoms with Crippen molar-refractivity contribution in [1.29, 1.82) is 0 Å². The first-order valence-corrected chi connectivity index (χ1v) is 13.6. The molecule has 4 rings (SSSR count). The highest BCUT2D eigenvalue weighted by Crippen LogP contribution is 2.47. The largest absolute Gasteiger partial charge is 0.463 e. The minimum atomic E-state index is -2.09. The van der Waals surface area contributed by atoms with Crippen LogP contribution < -0.4 is 11.1 Å². The standard InChI is InChI=1S/C27H40FN5O6/c1-26(2,3)24(35)38-14-37-22-17(13-36-18(34)11-15-9-7-6-8-10-15)39-21(27(22,4)28)16-12-31-20-19(16)32-25(29)33-23(20)30-5/h12,15-17,21-22H,6-11,13-14H2,1-5H3,(H3,29,30,32,33)/t16?,17-,21?,22-,27+/m1/s1. The van der Waals surface area contributed by atoms with Crippen LogP contribution in [-0.2, 0) is 28.5 Å². The topological polar surface area (TPSA) is 147 Å². The molecule has 1 aromatic rings. The Morgan fingerprint density at radius 2 is 1.92 bits per heavy atom. The van der Waals surface area contributed by atoms with Crippen LogP contribution in [0.1, 0.15) is 77.8 Å². The lowest BCUT2D eigenvalue weighted by molar-refractivity contribution is -0.180. The number of alkyl halides is 1. The summed E-state index contributed by atoms with van der Waals surface area (Å²) in [6.07, 6.45) is 4.07. The van der Waals surface area contributed by atoms with Crippen molar-refractivity contribution in [3.63, 3.8) is 0 Å². The zero-order valence-electron chi connectivity index (χ0n) is 23.4. The summed E-state index contributed by atoms with van der Waals surface area (Å²) in [5.41, 5.74) is 3.93. The molecule has 2 aliphatic heterocycles. The lowest BCUT2D eigenvalue weighted by Crippen LogP contribution is -2.46. The number of nitrogens with one attached hydrogen (secondary N) is 1. The molecular formula is C27H40FN5O6. The first kappa shape index (κ1) is 29.1. The zero-order valence-corrected chi connectivity index (χ0v) is 23.4. The van der Waals surface area contributed by atoms with E-state index in [4.69, 9.17) is 24.7 Å². The summed E-state index contributed by atoms with van der Waals surface area (Å²) in [5.74, 6) is -0.792. The molecule has 2 fully saturated rings. The van der Waals surface area contributed by atoms with E-state index in [9.17, 15) is 9.59 Å². The number of aliphatic imine (C=N–C) groups is 1. The Hall–Kier alpha value is -2.86. The molecule has 1 saturated carbocycles. The minimum Gasteiger partial charge on any atom is -0.463 e. The lowest BCUT2D eigenvalue weighted by atomic mass is 9.86. The van der Waals surface area contributed by atoms with Gasteiger partial charge in [-0.25, -0.2) is 9.37 Å². The van der Waals surface area contributed by atoms with Crippen LogP contribution in [0.15, 0.2) is 4.99 Å². The summed E-state index contributed by atoms with van der Waals surface area (Å²) >= 11 is 0. The molecule has 0 amide bonds. The third-order valence-corrected chi connectivity index (χ3v) is 7.58. The highest BCUT2D eigenvalue weighted by Gasteiger charge is 2.59. The molecule has 2 unspecified atom stereocenters. The summed E-state index contributed by atoms with van der Waals surface area (Å²) in [6.45, 7) is 5.80. The van der Waals surface area contributed by atoms with Gasteiger partial charge in [0.05, 0.1) is 17.0 Å². The molecule has 3 N–H and O–H groups in total. The Balaban J connectivity index is 1.50. The fourth-order valence-corrected chi connectivity index (χ4v) is 5.46. The van der Waals surface area contributed by atoms with Gasteiger partial charge in [-0.15, -0.1) is 0 Å². The predicted molar refractivity (Wildman–Crippen MR) is 142 cm³/mol. The number of fused-ring (bicyclic) bond motifs is 1. The number of hydrogen-bond acceptors (Lipinski definition) is 11. The Bertz CT molecular complexity index is 1090. The molecule has 216 valence electrons. The molecule has 0 radical (unpaired) electrons. The number of aromatic nitrogens is 2. The number of carbonyl (C=O) groups is 2. The molecule has 39 heavy (non-hydrogen) atoms. The molecule has 5 atom stereocenters.